The summed E-state index contributed by atoms with van der Waals surface area (Å²) in [6.07, 6.45) is -10.1. The average Bonchev–Trinajstić information content (AvgIpc) is 2.28. The zero-order valence-corrected chi connectivity index (χ0v) is 12.3. The number of esters is 1. The monoisotopic (exact) mass is 429 g/mol. The summed E-state index contributed by atoms with van der Waals surface area (Å²) < 4.78 is 81.9. The molecule has 0 saturated heterocycles. The van der Waals surface area contributed by atoms with Crippen LogP contribution < -0.4 is 4.74 Å². The molecule has 1 aromatic rings. The number of hydrogen-bond acceptors (Lipinski definition) is 4. The first-order chi connectivity index (χ1) is 9.45. The lowest BCUT2D eigenvalue weighted by molar-refractivity contribution is -0.275. The summed E-state index contributed by atoms with van der Waals surface area (Å²) in [4.78, 5) is 14.4. The van der Waals surface area contributed by atoms with Crippen LogP contribution in [0.25, 0.3) is 0 Å². The van der Waals surface area contributed by atoms with Crippen LogP contribution in [0.5, 0.6) is 5.75 Å². The minimum atomic E-state index is -5.19. The Morgan fingerprint density at radius 3 is 2.29 bits per heavy atom. The Hall–Kier alpha value is -1.27. The number of aromatic nitrogens is 1. The van der Waals surface area contributed by atoms with Crippen LogP contribution in [0.1, 0.15) is 23.1 Å². The maximum absolute atomic E-state index is 12.6. The largest absolute Gasteiger partial charge is 0.573 e. The second-order valence-electron chi connectivity index (χ2n) is 3.43. The number of carbonyl (C=O) groups excluding carboxylic acids is 1. The zero-order chi connectivity index (χ0) is 16.4. The van der Waals surface area contributed by atoms with Crippen LogP contribution in [-0.4, -0.2) is 23.9 Å². The molecular weight excluding hydrogens is 423 g/mol. The summed E-state index contributed by atoms with van der Waals surface area (Å²) in [5.41, 5.74) is -2.71. The van der Waals surface area contributed by atoms with Crippen LogP contribution in [-0.2, 0) is 10.9 Å². The Labute approximate surface area is 127 Å². The van der Waals surface area contributed by atoms with E-state index in [2.05, 4.69) is 14.5 Å². The quantitative estimate of drug-likeness (QED) is 0.417. The molecule has 1 rings (SSSR count). The van der Waals surface area contributed by atoms with Crippen LogP contribution >= 0.6 is 22.6 Å². The van der Waals surface area contributed by atoms with E-state index in [1.807, 2.05) is 0 Å². The molecule has 0 saturated carbocycles. The molecule has 21 heavy (non-hydrogen) atoms. The molecule has 0 aliphatic heterocycles. The van der Waals surface area contributed by atoms with Crippen LogP contribution in [0.3, 0.4) is 0 Å². The van der Waals surface area contributed by atoms with Crippen molar-refractivity contribution in [2.45, 2.75) is 19.5 Å². The van der Waals surface area contributed by atoms with E-state index in [0.29, 0.717) is 6.07 Å². The molecular formula is C10H6F6INO3. The first-order valence-electron chi connectivity index (χ1n) is 5.16. The van der Waals surface area contributed by atoms with Crippen molar-refractivity contribution < 1.29 is 40.6 Å². The highest BCUT2D eigenvalue weighted by molar-refractivity contribution is 14.1. The Morgan fingerprint density at radius 1 is 1.29 bits per heavy atom. The minimum absolute atomic E-state index is 0.251. The lowest BCUT2D eigenvalue weighted by Gasteiger charge is -2.15. The molecule has 0 unspecified atom stereocenters. The summed E-state index contributed by atoms with van der Waals surface area (Å²) in [6.45, 7) is 1.08. The lowest BCUT2D eigenvalue weighted by Crippen LogP contribution is -2.23. The van der Waals surface area contributed by atoms with Crippen molar-refractivity contribution in [3.63, 3.8) is 0 Å². The van der Waals surface area contributed by atoms with Gasteiger partial charge >= 0.3 is 18.5 Å². The Kier molecular flexibility index (Phi) is 5.28. The maximum Gasteiger partial charge on any atom is 0.573 e. The van der Waals surface area contributed by atoms with Crippen molar-refractivity contribution in [3.05, 3.63) is 21.0 Å². The van der Waals surface area contributed by atoms with Gasteiger partial charge in [0.25, 0.3) is 0 Å². The fraction of sp³-hybridized carbons (Fsp3) is 0.400. The summed E-state index contributed by atoms with van der Waals surface area (Å²) in [6, 6.07) is 0.338. The molecule has 0 aliphatic rings. The van der Waals surface area contributed by atoms with Crippen molar-refractivity contribution in [2.24, 2.45) is 0 Å². The normalized spacial score (nSPS) is 12.2. The number of ether oxygens (including phenoxy) is 2. The van der Waals surface area contributed by atoms with Crippen molar-refractivity contribution in [1.82, 2.24) is 4.98 Å². The van der Waals surface area contributed by atoms with Crippen LogP contribution in [0, 0.1) is 3.57 Å². The number of rotatable bonds is 3. The molecule has 0 atom stereocenters. The zero-order valence-electron chi connectivity index (χ0n) is 10.1. The molecule has 1 heterocycles. The van der Waals surface area contributed by atoms with Gasteiger partial charge in [-0.25, -0.2) is 9.78 Å². The molecule has 0 radical (unpaired) electrons. The standard InChI is InChI=1S/C10H6F6INO3/c1-2-20-8(19)6-7(21-10(14,15)16)4(17)3-5(18-6)9(11,12)13/h3H,2H2,1H3. The van der Waals surface area contributed by atoms with Gasteiger partial charge in [-0.1, -0.05) is 0 Å². The molecule has 0 N–H and O–H groups in total. The van der Waals surface area contributed by atoms with Gasteiger partial charge in [-0.05, 0) is 35.6 Å². The van der Waals surface area contributed by atoms with Crippen LogP contribution in [0.15, 0.2) is 6.07 Å². The number of carbonyl (C=O) groups is 1. The summed E-state index contributed by atoms with van der Waals surface area (Å²) in [7, 11) is 0. The number of alkyl halides is 6. The maximum atomic E-state index is 12.6. The molecule has 0 bridgehead atoms. The highest BCUT2D eigenvalue weighted by Crippen LogP contribution is 2.36. The van der Waals surface area contributed by atoms with E-state index >= 15 is 0 Å². The molecule has 11 heteroatoms. The van der Waals surface area contributed by atoms with Crippen molar-refractivity contribution in [3.8, 4) is 5.75 Å². The van der Waals surface area contributed by atoms with Crippen LogP contribution in [0.2, 0.25) is 0 Å². The molecule has 4 nitrogen and oxygen atoms in total. The Morgan fingerprint density at radius 2 is 1.86 bits per heavy atom. The third-order valence-electron chi connectivity index (χ3n) is 1.90. The van der Waals surface area contributed by atoms with Gasteiger partial charge in [0.15, 0.2) is 11.4 Å². The minimum Gasteiger partial charge on any atom is -0.461 e. The topological polar surface area (TPSA) is 48.4 Å². The summed E-state index contributed by atoms with van der Waals surface area (Å²) in [5.74, 6) is -2.57. The van der Waals surface area contributed by atoms with E-state index in [4.69, 9.17) is 0 Å². The van der Waals surface area contributed by atoms with E-state index < -0.39 is 39.2 Å². The predicted molar refractivity (Wildman–Crippen MR) is 64.6 cm³/mol. The lowest BCUT2D eigenvalue weighted by atomic mass is 10.2. The highest BCUT2D eigenvalue weighted by Gasteiger charge is 2.39. The molecule has 1 aromatic heterocycles. The predicted octanol–water partition coefficient (Wildman–Crippen LogP) is 3.78. The van der Waals surface area contributed by atoms with Crippen molar-refractivity contribution in [2.75, 3.05) is 6.61 Å². The molecule has 0 aliphatic carbocycles. The number of pyridine rings is 1. The van der Waals surface area contributed by atoms with E-state index in [9.17, 15) is 31.1 Å². The van der Waals surface area contributed by atoms with E-state index in [1.165, 1.54) is 29.5 Å². The van der Waals surface area contributed by atoms with Gasteiger partial charge in [-0.3, -0.25) is 0 Å². The Bertz CT molecular complexity index is 543. The van der Waals surface area contributed by atoms with Gasteiger partial charge in [0.2, 0.25) is 0 Å². The van der Waals surface area contributed by atoms with Crippen LogP contribution in [0.4, 0.5) is 26.3 Å². The fourth-order valence-electron chi connectivity index (χ4n) is 1.20. The van der Waals surface area contributed by atoms with Gasteiger partial charge in [-0.15, -0.1) is 13.2 Å². The fourth-order valence-corrected chi connectivity index (χ4v) is 1.86. The third-order valence-corrected chi connectivity index (χ3v) is 2.71. The SMILES string of the molecule is CCOC(=O)c1nc(C(F)(F)F)cc(I)c1OC(F)(F)F. The smallest absolute Gasteiger partial charge is 0.461 e. The third kappa shape index (κ3) is 4.89. The highest BCUT2D eigenvalue weighted by atomic mass is 127. The average molecular weight is 429 g/mol. The molecule has 118 valence electrons. The summed E-state index contributed by atoms with van der Waals surface area (Å²) >= 11 is 1.18. The van der Waals surface area contributed by atoms with Gasteiger partial charge in [0.05, 0.1) is 10.2 Å². The van der Waals surface area contributed by atoms with E-state index in [-0.39, 0.29) is 6.61 Å². The van der Waals surface area contributed by atoms with Gasteiger partial charge in [-0.2, -0.15) is 13.2 Å². The van der Waals surface area contributed by atoms with Gasteiger partial charge < -0.3 is 9.47 Å². The molecule has 0 spiro atoms. The number of hydrogen-bond donors (Lipinski definition) is 0. The first kappa shape index (κ1) is 17.8. The molecule has 0 fully saturated rings. The second-order valence-corrected chi connectivity index (χ2v) is 4.60. The number of halogens is 7. The number of nitrogens with zero attached hydrogens (tertiary/aromatic N) is 1. The molecule has 0 aromatic carbocycles. The van der Waals surface area contributed by atoms with Gasteiger partial charge in [0, 0.05) is 0 Å². The van der Waals surface area contributed by atoms with Gasteiger partial charge in [0.1, 0.15) is 5.69 Å². The van der Waals surface area contributed by atoms with E-state index in [0.717, 1.165) is 0 Å². The molecule has 0 amide bonds. The van der Waals surface area contributed by atoms with Crippen molar-refractivity contribution in [1.29, 1.82) is 0 Å². The second kappa shape index (κ2) is 6.23. The first-order valence-corrected chi connectivity index (χ1v) is 6.24. The Balaban J connectivity index is 3.44. The van der Waals surface area contributed by atoms with E-state index in [1.54, 1.807) is 0 Å². The summed E-state index contributed by atoms with van der Waals surface area (Å²) in [5, 5.41) is 0. The van der Waals surface area contributed by atoms with Crippen molar-refractivity contribution >= 4 is 28.6 Å².